The van der Waals surface area contributed by atoms with E-state index in [4.69, 9.17) is 24.4 Å². The molecule has 0 bridgehead atoms. The number of aryl methyl sites for hydroxylation is 1. The van der Waals surface area contributed by atoms with Crippen molar-refractivity contribution in [2.45, 2.75) is 0 Å². The Morgan fingerprint density at radius 1 is 1.30 bits per heavy atom. The van der Waals surface area contributed by atoms with Crippen molar-refractivity contribution < 1.29 is 0 Å². The zero-order valence-corrected chi connectivity index (χ0v) is 7.50. The molecule has 1 aromatic heterocycles. The van der Waals surface area contributed by atoms with E-state index in [0.29, 0.717) is 0 Å². The molecule has 4 heteroatoms. The number of hydrogen-bond acceptors (Lipinski definition) is 2. The summed E-state index contributed by atoms with van der Waals surface area (Å²) in [6.45, 7) is 0. The van der Waals surface area contributed by atoms with E-state index < -0.39 is 0 Å². The van der Waals surface area contributed by atoms with E-state index in [9.17, 15) is 0 Å². The van der Waals surface area contributed by atoms with E-state index in [2.05, 4.69) is 0 Å². The SMILES string of the molecule is Cn1ccc(=S)n(C)c1=S. The highest BCUT2D eigenvalue weighted by Crippen LogP contribution is 1.92. The van der Waals surface area contributed by atoms with Gasteiger partial charge in [0.1, 0.15) is 4.64 Å². The van der Waals surface area contributed by atoms with Gasteiger partial charge in [-0.25, -0.2) is 0 Å². The third-order valence-electron chi connectivity index (χ3n) is 1.36. The first-order valence-corrected chi connectivity index (χ1v) is 3.67. The van der Waals surface area contributed by atoms with Crippen LogP contribution in [-0.4, -0.2) is 9.13 Å². The lowest BCUT2D eigenvalue weighted by molar-refractivity contribution is 0.731. The first-order valence-electron chi connectivity index (χ1n) is 2.85. The largest absolute Gasteiger partial charge is 0.328 e. The average molecular weight is 172 g/mol. The van der Waals surface area contributed by atoms with Gasteiger partial charge in [-0.05, 0) is 18.3 Å². The van der Waals surface area contributed by atoms with Gasteiger partial charge in [0.25, 0.3) is 0 Å². The summed E-state index contributed by atoms with van der Waals surface area (Å²) < 4.78 is 5.16. The minimum atomic E-state index is 0.743. The molecule has 0 N–H and O–H groups in total. The van der Waals surface area contributed by atoms with E-state index in [1.54, 1.807) is 4.57 Å². The van der Waals surface area contributed by atoms with Crippen molar-refractivity contribution in [2.24, 2.45) is 14.1 Å². The highest BCUT2D eigenvalue weighted by molar-refractivity contribution is 7.72. The molecule has 0 radical (unpaired) electrons. The van der Waals surface area contributed by atoms with Crippen LogP contribution in [0, 0.1) is 9.41 Å². The minimum absolute atomic E-state index is 0.743. The quantitative estimate of drug-likeness (QED) is 0.552. The molecule has 0 saturated heterocycles. The standard InChI is InChI=1S/C6H8N2S2/c1-7-4-3-5(9)8(2)6(7)10/h3-4H,1-2H3. The summed E-state index contributed by atoms with van der Waals surface area (Å²) in [7, 11) is 3.77. The summed E-state index contributed by atoms with van der Waals surface area (Å²) in [5.74, 6) is 0. The van der Waals surface area contributed by atoms with Gasteiger partial charge in [0.15, 0.2) is 4.77 Å². The number of hydrogen-bond donors (Lipinski definition) is 0. The molecule has 0 fully saturated rings. The zero-order valence-electron chi connectivity index (χ0n) is 5.87. The van der Waals surface area contributed by atoms with E-state index in [-0.39, 0.29) is 0 Å². The molecule has 10 heavy (non-hydrogen) atoms. The first-order chi connectivity index (χ1) is 4.63. The van der Waals surface area contributed by atoms with Crippen LogP contribution in [0.25, 0.3) is 0 Å². The fourth-order valence-electron chi connectivity index (χ4n) is 0.682. The molecular weight excluding hydrogens is 164 g/mol. The Morgan fingerprint density at radius 3 is 2.40 bits per heavy atom. The summed E-state index contributed by atoms with van der Waals surface area (Å²) in [6, 6.07) is 1.85. The Balaban J connectivity index is 3.66. The molecule has 1 heterocycles. The smallest absolute Gasteiger partial charge is 0.180 e. The Bertz CT molecular complexity index is 348. The molecule has 0 aliphatic heterocycles. The highest BCUT2D eigenvalue weighted by Gasteiger charge is 1.87. The van der Waals surface area contributed by atoms with Crippen molar-refractivity contribution >= 4 is 24.4 Å². The second-order valence-electron chi connectivity index (χ2n) is 2.11. The summed E-state index contributed by atoms with van der Waals surface area (Å²) in [6.07, 6.45) is 1.87. The molecule has 0 unspecified atom stereocenters. The van der Waals surface area contributed by atoms with E-state index in [1.807, 2.05) is 30.9 Å². The zero-order chi connectivity index (χ0) is 7.72. The van der Waals surface area contributed by atoms with Crippen LogP contribution in [0.15, 0.2) is 12.3 Å². The van der Waals surface area contributed by atoms with Crippen LogP contribution in [0.3, 0.4) is 0 Å². The molecule has 0 aliphatic rings. The maximum atomic E-state index is 5.04. The van der Waals surface area contributed by atoms with Crippen LogP contribution in [-0.2, 0) is 14.1 Å². The molecular formula is C6H8N2S2. The van der Waals surface area contributed by atoms with E-state index in [0.717, 1.165) is 9.41 Å². The predicted octanol–water partition coefficient (Wildman–Crippen LogP) is 1.82. The first kappa shape index (κ1) is 7.63. The van der Waals surface area contributed by atoms with Gasteiger partial charge in [-0.15, -0.1) is 0 Å². The predicted molar refractivity (Wildman–Crippen MR) is 46.1 cm³/mol. The van der Waals surface area contributed by atoms with Crippen LogP contribution in [0.2, 0.25) is 0 Å². The topological polar surface area (TPSA) is 9.86 Å². The van der Waals surface area contributed by atoms with Crippen molar-refractivity contribution in [1.29, 1.82) is 0 Å². The molecule has 0 aromatic carbocycles. The normalized spacial score (nSPS) is 9.80. The molecule has 1 aromatic rings. The van der Waals surface area contributed by atoms with Gasteiger partial charge in [0.05, 0.1) is 0 Å². The van der Waals surface area contributed by atoms with Crippen LogP contribution in [0.4, 0.5) is 0 Å². The Hall–Kier alpha value is -0.480. The third-order valence-corrected chi connectivity index (χ3v) is 2.33. The highest BCUT2D eigenvalue weighted by atomic mass is 32.1. The number of nitrogens with zero attached hydrogens (tertiary/aromatic N) is 2. The van der Waals surface area contributed by atoms with Crippen LogP contribution < -0.4 is 0 Å². The molecule has 54 valence electrons. The third kappa shape index (κ3) is 1.17. The molecule has 1 rings (SSSR count). The van der Waals surface area contributed by atoms with Gasteiger partial charge in [-0.2, -0.15) is 0 Å². The van der Waals surface area contributed by atoms with Crippen molar-refractivity contribution in [3.8, 4) is 0 Å². The second-order valence-corrected chi connectivity index (χ2v) is 2.89. The number of rotatable bonds is 0. The summed E-state index contributed by atoms with van der Waals surface area (Å²) >= 11 is 10.0. The fourth-order valence-corrected chi connectivity index (χ4v) is 1.05. The monoisotopic (exact) mass is 172 g/mol. The Labute approximate surface area is 69.7 Å². The fraction of sp³-hybridized carbons (Fsp3) is 0.333. The average Bonchev–Trinajstić information content (AvgIpc) is 1.93. The molecule has 0 spiro atoms. The van der Waals surface area contributed by atoms with Gasteiger partial charge < -0.3 is 9.13 Å². The van der Waals surface area contributed by atoms with Crippen LogP contribution >= 0.6 is 24.4 Å². The lowest BCUT2D eigenvalue weighted by atomic mass is 10.6. The molecule has 0 amide bonds. The van der Waals surface area contributed by atoms with Crippen LogP contribution in [0.5, 0.6) is 0 Å². The second kappa shape index (κ2) is 2.64. The molecule has 2 nitrogen and oxygen atoms in total. The van der Waals surface area contributed by atoms with Gasteiger partial charge >= 0.3 is 0 Å². The van der Waals surface area contributed by atoms with Crippen molar-refractivity contribution in [3.63, 3.8) is 0 Å². The summed E-state index contributed by atoms with van der Waals surface area (Å²) in [5.41, 5.74) is 0. The summed E-state index contributed by atoms with van der Waals surface area (Å²) in [5, 5.41) is 0. The van der Waals surface area contributed by atoms with E-state index >= 15 is 0 Å². The van der Waals surface area contributed by atoms with Crippen molar-refractivity contribution in [3.05, 3.63) is 21.7 Å². The van der Waals surface area contributed by atoms with Gasteiger partial charge in [-0.3, -0.25) is 0 Å². The van der Waals surface area contributed by atoms with E-state index in [1.165, 1.54) is 0 Å². The lowest BCUT2D eigenvalue weighted by Crippen LogP contribution is -2.02. The van der Waals surface area contributed by atoms with Gasteiger partial charge in [-0.1, -0.05) is 12.2 Å². The van der Waals surface area contributed by atoms with Crippen LogP contribution in [0.1, 0.15) is 0 Å². The van der Waals surface area contributed by atoms with Gasteiger partial charge in [0.2, 0.25) is 0 Å². The van der Waals surface area contributed by atoms with Crippen molar-refractivity contribution in [1.82, 2.24) is 9.13 Å². The van der Waals surface area contributed by atoms with Crippen molar-refractivity contribution in [2.75, 3.05) is 0 Å². The lowest BCUT2D eigenvalue weighted by Gasteiger charge is -2.02. The minimum Gasteiger partial charge on any atom is -0.328 e. The molecule has 0 aliphatic carbocycles. The van der Waals surface area contributed by atoms with Gasteiger partial charge in [0, 0.05) is 20.3 Å². The molecule has 0 atom stereocenters. The molecule has 0 saturated carbocycles. The number of aromatic nitrogens is 2. The maximum Gasteiger partial charge on any atom is 0.180 e. The summed E-state index contributed by atoms with van der Waals surface area (Å²) in [4.78, 5) is 0. The Kier molecular flexibility index (Phi) is 2.01. The Morgan fingerprint density at radius 2 is 1.90 bits per heavy atom. The maximum absolute atomic E-state index is 5.04.